The Labute approximate surface area is 91.9 Å². The van der Waals surface area contributed by atoms with E-state index in [1.807, 2.05) is 12.1 Å². The topological polar surface area (TPSA) is 20.2 Å². The molecule has 0 saturated heterocycles. The van der Waals surface area contributed by atoms with Gasteiger partial charge in [-0.2, -0.15) is 13.2 Å². The van der Waals surface area contributed by atoms with Gasteiger partial charge in [-0.25, -0.2) is 0 Å². The largest absolute Gasteiger partial charge is 0.414 e. The van der Waals surface area contributed by atoms with Crippen LogP contribution in [0.15, 0.2) is 24.3 Å². The second-order valence-corrected chi connectivity index (χ2v) is 4.23. The molecule has 1 aliphatic rings. The van der Waals surface area contributed by atoms with Crippen molar-refractivity contribution in [3.63, 3.8) is 0 Å². The maximum atomic E-state index is 12.2. The molecule has 1 aliphatic carbocycles. The van der Waals surface area contributed by atoms with Crippen LogP contribution in [-0.4, -0.2) is 17.4 Å². The number of aliphatic hydroxyl groups is 1. The Morgan fingerprint density at radius 2 is 1.88 bits per heavy atom. The summed E-state index contributed by atoms with van der Waals surface area (Å²) >= 11 is 0. The minimum absolute atomic E-state index is 0.337. The van der Waals surface area contributed by atoms with E-state index >= 15 is 0 Å². The molecule has 1 saturated carbocycles. The summed E-state index contributed by atoms with van der Waals surface area (Å²) in [5.74, 6) is 0.400. The zero-order valence-electron chi connectivity index (χ0n) is 8.67. The average molecular weight is 230 g/mol. The van der Waals surface area contributed by atoms with Crippen LogP contribution >= 0.6 is 0 Å². The van der Waals surface area contributed by atoms with Crippen molar-refractivity contribution in [2.24, 2.45) is 0 Å². The zero-order chi connectivity index (χ0) is 11.8. The second-order valence-electron chi connectivity index (χ2n) is 4.23. The molecule has 0 heterocycles. The molecule has 0 aliphatic heterocycles. The van der Waals surface area contributed by atoms with Gasteiger partial charge in [0, 0.05) is 6.42 Å². The minimum atomic E-state index is -4.53. The summed E-state index contributed by atoms with van der Waals surface area (Å²) in [6.45, 7) is 0. The van der Waals surface area contributed by atoms with Crippen LogP contribution in [0.3, 0.4) is 0 Å². The van der Waals surface area contributed by atoms with E-state index in [1.54, 1.807) is 12.1 Å². The number of benzene rings is 1. The van der Waals surface area contributed by atoms with Crippen molar-refractivity contribution in [2.75, 3.05) is 0 Å². The lowest BCUT2D eigenvalue weighted by atomic mass is 9.98. The van der Waals surface area contributed by atoms with Gasteiger partial charge in [0.05, 0.1) is 0 Å². The predicted molar refractivity (Wildman–Crippen MR) is 54.2 cm³/mol. The molecule has 1 atom stereocenters. The van der Waals surface area contributed by atoms with Gasteiger partial charge in [-0.1, -0.05) is 24.3 Å². The van der Waals surface area contributed by atoms with E-state index in [0.717, 1.165) is 18.4 Å². The van der Waals surface area contributed by atoms with Crippen molar-refractivity contribution in [2.45, 2.75) is 37.5 Å². The standard InChI is InChI=1S/C12H13F3O/c13-12(14,15)11(16)7-9-3-1-2-4-10(9)8-5-6-8/h1-4,8,11,16H,5-7H2. The second kappa shape index (κ2) is 4.09. The number of hydrogen-bond donors (Lipinski definition) is 1. The van der Waals surface area contributed by atoms with Crippen LogP contribution in [0.25, 0.3) is 0 Å². The quantitative estimate of drug-likeness (QED) is 0.846. The molecule has 1 N–H and O–H groups in total. The van der Waals surface area contributed by atoms with E-state index in [4.69, 9.17) is 5.11 Å². The molecule has 0 amide bonds. The first kappa shape index (κ1) is 11.5. The van der Waals surface area contributed by atoms with Crippen LogP contribution in [0.1, 0.15) is 29.9 Å². The summed E-state index contributed by atoms with van der Waals surface area (Å²) in [7, 11) is 0. The normalized spacial score (nSPS) is 18.5. The molecule has 0 aromatic heterocycles. The van der Waals surface area contributed by atoms with Crippen molar-refractivity contribution in [3.8, 4) is 0 Å². The molecule has 0 bridgehead atoms. The first-order valence-corrected chi connectivity index (χ1v) is 5.31. The van der Waals surface area contributed by atoms with E-state index in [-0.39, 0.29) is 6.42 Å². The van der Waals surface area contributed by atoms with Gasteiger partial charge in [-0.05, 0) is 29.9 Å². The lowest BCUT2D eigenvalue weighted by molar-refractivity contribution is -0.203. The van der Waals surface area contributed by atoms with Crippen LogP contribution in [-0.2, 0) is 6.42 Å². The van der Waals surface area contributed by atoms with E-state index in [2.05, 4.69) is 0 Å². The van der Waals surface area contributed by atoms with Gasteiger partial charge >= 0.3 is 6.18 Å². The maximum absolute atomic E-state index is 12.2. The molecule has 1 aromatic rings. The fourth-order valence-electron chi connectivity index (χ4n) is 1.84. The maximum Gasteiger partial charge on any atom is 0.414 e. The smallest absolute Gasteiger partial charge is 0.383 e. The van der Waals surface area contributed by atoms with Crippen LogP contribution in [0.4, 0.5) is 13.2 Å². The third kappa shape index (κ3) is 2.55. The van der Waals surface area contributed by atoms with E-state index in [0.29, 0.717) is 11.5 Å². The SMILES string of the molecule is OC(Cc1ccccc1C1CC1)C(F)(F)F. The predicted octanol–water partition coefficient (Wildman–Crippen LogP) is 3.03. The summed E-state index contributed by atoms with van der Waals surface area (Å²) in [5.41, 5.74) is 1.58. The van der Waals surface area contributed by atoms with Gasteiger partial charge < -0.3 is 5.11 Å². The molecule has 1 aromatic carbocycles. The number of rotatable bonds is 3. The lowest BCUT2D eigenvalue weighted by Crippen LogP contribution is -2.30. The van der Waals surface area contributed by atoms with Crippen molar-refractivity contribution in [1.29, 1.82) is 0 Å². The Morgan fingerprint density at radius 1 is 1.25 bits per heavy atom. The highest BCUT2D eigenvalue weighted by Gasteiger charge is 2.39. The zero-order valence-corrected chi connectivity index (χ0v) is 8.67. The van der Waals surface area contributed by atoms with Gasteiger partial charge in [-0.3, -0.25) is 0 Å². The van der Waals surface area contributed by atoms with Crippen LogP contribution in [0, 0.1) is 0 Å². The van der Waals surface area contributed by atoms with Crippen molar-refractivity contribution >= 4 is 0 Å². The fraction of sp³-hybridized carbons (Fsp3) is 0.500. The Bertz CT molecular complexity index is 369. The van der Waals surface area contributed by atoms with E-state index < -0.39 is 12.3 Å². The van der Waals surface area contributed by atoms with Crippen LogP contribution < -0.4 is 0 Å². The van der Waals surface area contributed by atoms with Crippen molar-refractivity contribution < 1.29 is 18.3 Å². The van der Waals surface area contributed by atoms with Crippen LogP contribution in [0.2, 0.25) is 0 Å². The molecular weight excluding hydrogens is 217 g/mol. The lowest BCUT2D eigenvalue weighted by Gasteiger charge is -2.16. The van der Waals surface area contributed by atoms with Gasteiger partial charge in [0.25, 0.3) is 0 Å². The van der Waals surface area contributed by atoms with Gasteiger partial charge in [0.15, 0.2) is 6.10 Å². The molecule has 2 rings (SSSR count). The van der Waals surface area contributed by atoms with Gasteiger partial charge in [0.2, 0.25) is 0 Å². The van der Waals surface area contributed by atoms with Crippen LogP contribution in [0.5, 0.6) is 0 Å². The van der Waals surface area contributed by atoms with Gasteiger partial charge in [0.1, 0.15) is 0 Å². The molecule has 16 heavy (non-hydrogen) atoms. The third-order valence-electron chi connectivity index (χ3n) is 2.86. The highest BCUT2D eigenvalue weighted by Crippen LogP contribution is 2.42. The fourth-order valence-corrected chi connectivity index (χ4v) is 1.84. The summed E-state index contributed by atoms with van der Waals surface area (Å²) in [5, 5.41) is 9.04. The summed E-state index contributed by atoms with van der Waals surface area (Å²) < 4.78 is 36.7. The van der Waals surface area contributed by atoms with Crippen molar-refractivity contribution in [3.05, 3.63) is 35.4 Å². The highest BCUT2D eigenvalue weighted by molar-refractivity contribution is 5.33. The summed E-state index contributed by atoms with van der Waals surface area (Å²) in [4.78, 5) is 0. The number of hydrogen-bond acceptors (Lipinski definition) is 1. The molecule has 88 valence electrons. The first-order valence-electron chi connectivity index (χ1n) is 5.31. The number of aliphatic hydroxyl groups excluding tert-OH is 1. The van der Waals surface area contributed by atoms with E-state index in [9.17, 15) is 13.2 Å². The number of halogens is 3. The molecule has 1 unspecified atom stereocenters. The molecule has 1 nitrogen and oxygen atoms in total. The molecule has 0 radical (unpaired) electrons. The first-order chi connectivity index (χ1) is 7.48. The molecular formula is C12H13F3O. The molecule has 1 fully saturated rings. The third-order valence-corrected chi connectivity index (χ3v) is 2.86. The monoisotopic (exact) mass is 230 g/mol. The van der Waals surface area contributed by atoms with E-state index in [1.165, 1.54) is 0 Å². The molecule has 0 spiro atoms. The minimum Gasteiger partial charge on any atom is -0.383 e. The Balaban J connectivity index is 2.14. The van der Waals surface area contributed by atoms with Crippen molar-refractivity contribution in [1.82, 2.24) is 0 Å². The number of alkyl halides is 3. The summed E-state index contributed by atoms with van der Waals surface area (Å²) in [6, 6.07) is 7.07. The Hall–Kier alpha value is -1.03. The highest BCUT2D eigenvalue weighted by atomic mass is 19.4. The average Bonchev–Trinajstić information content (AvgIpc) is 3.00. The Kier molecular flexibility index (Phi) is 2.93. The molecule has 4 heteroatoms. The Morgan fingerprint density at radius 3 is 2.44 bits per heavy atom. The summed E-state index contributed by atoms with van der Waals surface area (Å²) in [6.07, 6.45) is -5.04. The van der Waals surface area contributed by atoms with Gasteiger partial charge in [-0.15, -0.1) is 0 Å².